The van der Waals surface area contributed by atoms with Gasteiger partial charge in [0.05, 0.1) is 6.54 Å². The molecule has 0 aliphatic rings. The van der Waals surface area contributed by atoms with Gasteiger partial charge in [-0.25, -0.2) is 13.8 Å². The fourth-order valence-corrected chi connectivity index (χ4v) is 1.19. The molecule has 2 aromatic heterocycles. The molecule has 2 N–H and O–H groups in total. The number of pyridine rings is 1. The summed E-state index contributed by atoms with van der Waals surface area (Å²) in [5.74, 6) is 0.0645. The van der Waals surface area contributed by atoms with Crippen molar-refractivity contribution < 1.29 is 8.78 Å². The fourth-order valence-electron chi connectivity index (χ4n) is 1.19. The SMILES string of the molecule is O=c1ccc2cnc(NCC(F)F)nc2[nH]1. The molecule has 0 aliphatic carbocycles. The van der Waals surface area contributed by atoms with Crippen molar-refractivity contribution in [3.8, 4) is 0 Å². The van der Waals surface area contributed by atoms with E-state index in [9.17, 15) is 13.6 Å². The third-order valence-corrected chi connectivity index (χ3v) is 1.89. The third-order valence-electron chi connectivity index (χ3n) is 1.89. The minimum absolute atomic E-state index is 0.0645. The molecule has 84 valence electrons. The largest absolute Gasteiger partial charge is 0.348 e. The number of nitrogens with zero attached hydrogens (tertiary/aromatic N) is 2. The molecule has 0 saturated heterocycles. The summed E-state index contributed by atoms with van der Waals surface area (Å²) in [4.78, 5) is 21.2. The fraction of sp³-hybridized carbons (Fsp3) is 0.222. The zero-order chi connectivity index (χ0) is 11.5. The average molecular weight is 226 g/mol. The molecule has 2 aromatic rings. The first-order valence-corrected chi connectivity index (χ1v) is 4.53. The number of nitrogens with one attached hydrogen (secondary N) is 2. The summed E-state index contributed by atoms with van der Waals surface area (Å²) in [5, 5.41) is 3.00. The van der Waals surface area contributed by atoms with Crippen LogP contribution < -0.4 is 10.9 Å². The van der Waals surface area contributed by atoms with Crippen LogP contribution in [-0.4, -0.2) is 27.9 Å². The number of alkyl halides is 2. The van der Waals surface area contributed by atoms with Crippen molar-refractivity contribution in [1.29, 1.82) is 0 Å². The van der Waals surface area contributed by atoms with Crippen LogP contribution in [0.25, 0.3) is 11.0 Å². The normalized spacial score (nSPS) is 10.9. The number of aromatic nitrogens is 3. The zero-order valence-corrected chi connectivity index (χ0v) is 8.08. The Morgan fingerprint density at radius 3 is 3.00 bits per heavy atom. The van der Waals surface area contributed by atoms with Gasteiger partial charge in [0.2, 0.25) is 11.5 Å². The molecule has 0 unspecified atom stereocenters. The Morgan fingerprint density at radius 2 is 2.25 bits per heavy atom. The molecule has 0 saturated carbocycles. The van der Waals surface area contributed by atoms with E-state index in [2.05, 4.69) is 20.3 Å². The Kier molecular flexibility index (Phi) is 2.76. The van der Waals surface area contributed by atoms with Gasteiger partial charge in [-0.1, -0.05) is 0 Å². The number of H-pyrrole nitrogens is 1. The van der Waals surface area contributed by atoms with E-state index in [0.29, 0.717) is 11.0 Å². The predicted molar refractivity (Wildman–Crippen MR) is 54.7 cm³/mol. The van der Waals surface area contributed by atoms with E-state index in [1.165, 1.54) is 12.3 Å². The first-order valence-electron chi connectivity index (χ1n) is 4.53. The van der Waals surface area contributed by atoms with Gasteiger partial charge in [0, 0.05) is 17.6 Å². The van der Waals surface area contributed by atoms with Gasteiger partial charge >= 0.3 is 0 Å². The highest BCUT2D eigenvalue weighted by Crippen LogP contribution is 2.07. The monoisotopic (exact) mass is 226 g/mol. The summed E-state index contributed by atoms with van der Waals surface area (Å²) in [6, 6.07) is 2.91. The van der Waals surface area contributed by atoms with Crippen LogP contribution in [-0.2, 0) is 0 Å². The van der Waals surface area contributed by atoms with E-state index in [4.69, 9.17) is 0 Å². The van der Waals surface area contributed by atoms with Crippen LogP contribution >= 0.6 is 0 Å². The lowest BCUT2D eigenvalue weighted by atomic mass is 10.3. The summed E-state index contributed by atoms with van der Waals surface area (Å²) in [7, 11) is 0. The van der Waals surface area contributed by atoms with E-state index >= 15 is 0 Å². The van der Waals surface area contributed by atoms with Gasteiger partial charge in [-0.05, 0) is 6.07 Å². The molecule has 0 bridgehead atoms. The molecule has 0 fully saturated rings. The molecule has 5 nitrogen and oxygen atoms in total. The quantitative estimate of drug-likeness (QED) is 0.818. The highest BCUT2D eigenvalue weighted by molar-refractivity contribution is 5.74. The van der Waals surface area contributed by atoms with Crippen molar-refractivity contribution in [1.82, 2.24) is 15.0 Å². The number of hydrogen-bond acceptors (Lipinski definition) is 4. The molecule has 0 spiro atoms. The van der Waals surface area contributed by atoms with E-state index < -0.39 is 13.0 Å². The van der Waals surface area contributed by atoms with Crippen molar-refractivity contribution >= 4 is 17.0 Å². The molecular weight excluding hydrogens is 218 g/mol. The Labute approximate surface area is 88.5 Å². The number of aromatic amines is 1. The highest BCUT2D eigenvalue weighted by Gasteiger charge is 2.04. The van der Waals surface area contributed by atoms with Crippen molar-refractivity contribution in [2.45, 2.75) is 6.43 Å². The molecule has 7 heteroatoms. The van der Waals surface area contributed by atoms with E-state index in [1.807, 2.05) is 0 Å². The maximum atomic E-state index is 11.9. The summed E-state index contributed by atoms with van der Waals surface area (Å²) in [6.07, 6.45) is -1.03. The smallest absolute Gasteiger partial charge is 0.255 e. The first kappa shape index (κ1) is 10.5. The number of fused-ring (bicyclic) bond motifs is 1. The summed E-state index contributed by atoms with van der Waals surface area (Å²) >= 11 is 0. The molecule has 0 aliphatic heterocycles. The molecule has 0 radical (unpaired) electrons. The molecule has 0 atom stereocenters. The molecule has 2 heterocycles. The Hall–Kier alpha value is -2.05. The molecular formula is C9H8F2N4O. The van der Waals surface area contributed by atoms with Crippen LogP contribution in [0.2, 0.25) is 0 Å². The van der Waals surface area contributed by atoms with Gasteiger partial charge in [-0.3, -0.25) is 4.79 Å². The van der Waals surface area contributed by atoms with Gasteiger partial charge in [0.1, 0.15) is 5.65 Å². The summed E-state index contributed by atoms with van der Waals surface area (Å²) in [6.45, 7) is -0.525. The van der Waals surface area contributed by atoms with E-state index in [1.54, 1.807) is 6.07 Å². The molecule has 0 amide bonds. The minimum atomic E-state index is -2.48. The van der Waals surface area contributed by atoms with Crippen LogP contribution in [0.4, 0.5) is 14.7 Å². The average Bonchev–Trinajstić information content (AvgIpc) is 2.25. The van der Waals surface area contributed by atoms with Crippen molar-refractivity contribution in [2.75, 3.05) is 11.9 Å². The van der Waals surface area contributed by atoms with Crippen molar-refractivity contribution in [3.05, 3.63) is 28.7 Å². The van der Waals surface area contributed by atoms with Crippen LogP contribution in [0.1, 0.15) is 0 Å². The number of halogens is 2. The molecule has 2 rings (SSSR count). The maximum Gasteiger partial charge on any atom is 0.255 e. The Morgan fingerprint density at radius 1 is 1.44 bits per heavy atom. The Balaban J connectivity index is 2.31. The lowest BCUT2D eigenvalue weighted by molar-refractivity contribution is 0.163. The number of hydrogen-bond donors (Lipinski definition) is 2. The van der Waals surface area contributed by atoms with Crippen molar-refractivity contribution in [3.63, 3.8) is 0 Å². The second-order valence-electron chi connectivity index (χ2n) is 3.09. The van der Waals surface area contributed by atoms with Gasteiger partial charge in [0.15, 0.2) is 0 Å². The second kappa shape index (κ2) is 4.21. The lowest BCUT2D eigenvalue weighted by Gasteiger charge is -2.04. The van der Waals surface area contributed by atoms with Crippen molar-refractivity contribution in [2.24, 2.45) is 0 Å². The van der Waals surface area contributed by atoms with Gasteiger partial charge < -0.3 is 10.3 Å². The number of rotatable bonds is 3. The lowest BCUT2D eigenvalue weighted by Crippen LogP contribution is -2.13. The molecule has 0 aromatic carbocycles. The second-order valence-corrected chi connectivity index (χ2v) is 3.09. The van der Waals surface area contributed by atoms with Crippen LogP contribution in [0.3, 0.4) is 0 Å². The zero-order valence-electron chi connectivity index (χ0n) is 8.08. The minimum Gasteiger partial charge on any atom is -0.348 e. The van der Waals surface area contributed by atoms with Crippen LogP contribution in [0.5, 0.6) is 0 Å². The van der Waals surface area contributed by atoms with E-state index in [0.717, 1.165) is 0 Å². The van der Waals surface area contributed by atoms with Gasteiger partial charge in [-0.2, -0.15) is 4.98 Å². The van der Waals surface area contributed by atoms with Crippen LogP contribution in [0, 0.1) is 0 Å². The highest BCUT2D eigenvalue weighted by atomic mass is 19.3. The standard InChI is InChI=1S/C9H8F2N4O/c10-6(11)4-13-9-12-3-5-1-2-7(16)14-8(5)15-9/h1-3,6H,4H2,(H2,12,13,14,15,16). The maximum absolute atomic E-state index is 11.9. The summed E-state index contributed by atoms with van der Waals surface area (Å²) in [5.41, 5.74) is 0.0188. The van der Waals surface area contributed by atoms with E-state index in [-0.39, 0.29) is 11.5 Å². The third kappa shape index (κ3) is 2.30. The predicted octanol–water partition coefficient (Wildman–Crippen LogP) is 0.995. The molecule has 16 heavy (non-hydrogen) atoms. The summed E-state index contributed by atoms with van der Waals surface area (Å²) < 4.78 is 23.8. The van der Waals surface area contributed by atoms with Gasteiger partial charge in [-0.15, -0.1) is 0 Å². The van der Waals surface area contributed by atoms with Gasteiger partial charge in [0.25, 0.3) is 6.43 Å². The first-order chi connectivity index (χ1) is 7.65. The topological polar surface area (TPSA) is 70.7 Å². The van der Waals surface area contributed by atoms with Crippen LogP contribution in [0.15, 0.2) is 23.1 Å². The Bertz CT molecular complexity index is 554. The number of anilines is 1.